The zero-order valence-corrected chi connectivity index (χ0v) is 21.3. The summed E-state index contributed by atoms with van der Waals surface area (Å²) in [5, 5.41) is 8.73. The highest BCUT2D eigenvalue weighted by molar-refractivity contribution is 6.65. The summed E-state index contributed by atoms with van der Waals surface area (Å²) in [5.41, 5.74) is -0.478. The van der Waals surface area contributed by atoms with Crippen LogP contribution in [0.4, 0.5) is 0 Å². The first kappa shape index (κ1) is 28.7. The maximum absolute atomic E-state index is 12.5. The highest BCUT2D eigenvalue weighted by atomic mass is 16.5. The van der Waals surface area contributed by atoms with Crippen LogP contribution in [-0.4, -0.2) is 41.0 Å². The van der Waals surface area contributed by atoms with Gasteiger partial charge in [-0.15, -0.1) is 0 Å². The normalized spacial score (nSPS) is 24.6. The summed E-state index contributed by atoms with van der Waals surface area (Å²) in [7, 11) is 0. The van der Waals surface area contributed by atoms with Crippen LogP contribution in [0.3, 0.4) is 0 Å². The van der Waals surface area contributed by atoms with E-state index in [-0.39, 0.29) is 24.2 Å². The van der Waals surface area contributed by atoms with E-state index in [1.54, 1.807) is 0 Å². The minimum Gasteiger partial charge on any atom is -0.481 e. The molecule has 0 aromatic rings. The molecule has 2 saturated carbocycles. The van der Waals surface area contributed by atoms with Gasteiger partial charge in [-0.2, -0.15) is 0 Å². The quantitative estimate of drug-likeness (QED) is 0.160. The number of carboxylic acids is 1. The van der Waals surface area contributed by atoms with Gasteiger partial charge in [0.1, 0.15) is 0 Å². The number of fused-ring (bicyclic) bond motifs is 2. The van der Waals surface area contributed by atoms with Crippen LogP contribution < -0.4 is 0 Å². The largest absolute Gasteiger partial charge is 0.481 e. The summed E-state index contributed by atoms with van der Waals surface area (Å²) < 4.78 is 5.27. The lowest BCUT2D eigenvalue weighted by Gasteiger charge is -2.19. The van der Waals surface area contributed by atoms with Crippen LogP contribution in [0.5, 0.6) is 0 Å². The number of Topliss-reactive ketones (excluding diaryl/α,β-unsaturated/α-hetero) is 3. The smallest absolute Gasteiger partial charge is 0.311 e. The highest BCUT2D eigenvalue weighted by Gasteiger charge is 2.55. The molecule has 2 bridgehead atoms. The number of carboxylic acid groups (broad SMARTS) is 1. The number of allylic oxidation sites excluding steroid dienone is 4. The van der Waals surface area contributed by atoms with Gasteiger partial charge in [-0.05, 0) is 77.6 Å². The van der Waals surface area contributed by atoms with E-state index in [9.17, 15) is 24.0 Å². The van der Waals surface area contributed by atoms with Crippen molar-refractivity contribution in [2.24, 2.45) is 29.1 Å². The minimum atomic E-state index is -0.843. The SMILES string of the molecule is CC(C)(C)C(=O)OCCCCCCC=CC1C(C/C=C\CCCC(=O)O)[C@H]2C[C@H]1C(=O)C(=O)C2=O. The van der Waals surface area contributed by atoms with Crippen molar-refractivity contribution >= 4 is 29.3 Å². The lowest BCUT2D eigenvalue weighted by Crippen LogP contribution is -2.38. The molecule has 0 radical (unpaired) electrons. The van der Waals surface area contributed by atoms with E-state index in [2.05, 4.69) is 6.08 Å². The average molecular weight is 489 g/mol. The number of unbranched alkanes of at least 4 members (excludes halogenated alkanes) is 5. The number of hydrogen-bond acceptors (Lipinski definition) is 6. The molecule has 0 aliphatic heterocycles. The number of hydrogen-bond donors (Lipinski definition) is 1. The van der Waals surface area contributed by atoms with Crippen molar-refractivity contribution in [2.75, 3.05) is 6.61 Å². The fourth-order valence-corrected chi connectivity index (χ4v) is 4.91. The number of ketones is 3. The van der Waals surface area contributed by atoms with Crippen LogP contribution in [0.1, 0.15) is 85.0 Å². The number of esters is 1. The summed E-state index contributed by atoms with van der Waals surface area (Å²) in [6.07, 6.45) is 15.0. The first-order valence-electron chi connectivity index (χ1n) is 12.9. The Morgan fingerprint density at radius 3 is 2.26 bits per heavy atom. The first-order valence-corrected chi connectivity index (χ1v) is 12.9. The van der Waals surface area contributed by atoms with E-state index < -0.39 is 40.6 Å². The first-order chi connectivity index (χ1) is 16.5. The summed E-state index contributed by atoms with van der Waals surface area (Å²) in [4.78, 5) is 59.4. The van der Waals surface area contributed by atoms with Crippen LogP contribution in [0.2, 0.25) is 0 Å². The zero-order chi connectivity index (χ0) is 26.0. The van der Waals surface area contributed by atoms with Crippen molar-refractivity contribution in [1.29, 1.82) is 0 Å². The Balaban J connectivity index is 1.81. The van der Waals surface area contributed by atoms with Gasteiger partial charge in [0.2, 0.25) is 11.6 Å². The Hall–Kier alpha value is -2.57. The van der Waals surface area contributed by atoms with Gasteiger partial charge < -0.3 is 9.84 Å². The zero-order valence-electron chi connectivity index (χ0n) is 21.3. The van der Waals surface area contributed by atoms with Crippen LogP contribution in [0.25, 0.3) is 0 Å². The molecule has 0 aromatic carbocycles. The summed E-state index contributed by atoms with van der Waals surface area (Å²) >= 11 is 0. The number of carbonyl (C=O) groups is 5. The molecule has 0 aromatic heterocycles. The van der Waals surface area contributed by atoms with Crippen molar-refractivity contribution in [3.63, 3.8) is 0 Å². The molecule has 4 atom stereocenters. The molecular formula is C28H40O7. The third kappa shape index (κ3) is 8.55. The lowest BCUT2D eigenvalue weighted by atomic mass is 9.83. The predicted molar refractivity (Wildman–Crippen MR) is 131 cm³/mol. The third-order valence-electron chi connectivity index (χ3n) is 6.91. The van der Waals surface area contributed by atoms with Gasteiger partial charge in [0.15, 0.2) is 0 Å². The van der Waals surface area contributed by atoms with Crippen LogP contribution in [0.15, 0.2) is 24.3 Å². The van der Waals surface area contributed by atoms with Gasteiger partial charge >= 0.3 is 11.9 Å². The van der Waals surface area contributed by atoms with E-state index in [4.69, 9.17) is 9.84 Å². The molecule has 2 aliphatic rings. The molecule has 2 unspecified atom stereocenters. The Morgan fingerprint density at radius 2 is 1.57 bits per heavy atom. The molecule has 0 saturated heterocycles. The molecule has 1 N–H and O–H groups in total. The molecule has 7 heteroatoms. The van der Waals surface area contributed by atoms with Gasteiger partial charge in [0.05, 0.1) is 12.0 Å². The van der Waals surface area contributed by atoms with Crippen molar-refractivity contribution in [2.45, 2.75) is 85.0 Å². The second-order valence-electron chi connectivity index (χ2n) is 10.8. The fourth-order valence-electron chi connectivity index (χ4n) is 4.91. The molecule has 35 heavy (non-hydrogen) atoms. The highest BCUT2D eigenvalue weighted by Crippen LogP contribution is 2.48. The number of ether oxygens (including phenoxy) is 1. The summed E-state index contributed by atoms with van der Waals surface area (Å²) in [6, 6.07) is 0. The van der Waals surface area contributed by atoms with Gasteiger partial charge in [-0.1, -0.05) is 37.1 Å². The van der Waals surface area contributed by atoms with Crippen LogP contribution >= 0.6 is 0 Å². The van der Waals surface area contributed by atoms with E-state index in [1.807, 2.05) is 39.0 Å². The van der Waals surface area contributed by atoms with E-state index in [0.717, 1.165) is 32.1 Å². The molecular weight excluding hydrogens is 448 g/mol. The summed E-state index contributed by atoms with van der Waals surface area (Å²) in [5.74, 6) is -3.94. The van der Waals surface area contributed by atoms with Crippen molar-refractivity contribution in [3.8, 4) is 0 Å². The maximum atomic E-state index is 12.5. The monoisotopic (exact) mass is 488 g/mol. The summed E-state index contributed by atoms with van der Waals surface area (Å²) in [6.45, 7) is 5.94. The molecule has 0 amide bonds. The fraction of sp³-hybridized carbons (Fsp3) is 0.679. The minimum absolute atomic E-state index is 0.0765. The van der Waals surface area contributed by atoms with Crippen molar-refractivity contribution < 1.29 is 33.8 Å². The second kappa shape index (κ2) is 13.5. The van der Waals surface area contributed by atoms with Gasteiger partial charge in [0.25, 0.3) is 5.78 Å². The Bertz CT molecular complexity index is 846. The predicted octanol–water partition coefficient (Wildman–Crippen LogP) is 4.87. The number of carbonyl (C=O) groups excluding carboxylic acids is 4. The van der Waals surface area contributed by atoms with Crippen LogP contribution in [-0.2, 0) is 28.7 Å². The average Bonchev–Trinajstić information content (AvgIpc) is 3.12. The Labute approximate surface area is 208 Å². The van der Waals surface area contributed by atoms with Crippen molar-refractivity contribution in [1.82, 2.24) is 0 Å². The lowest BCUT2D eigenvalue weighted by molar-refractivity contribution is -0.153. The van der Waals surface area contributed by atoms with Crippen LogP contribution in [0, 0.1) is 29.1 Å². The third-order valence-corrected chi connectivity index (χ3v) is 6.91. The molecule has 0 spiro atoms. The molecule has 2 aliphatic carbocycles. The second-order valence-corrected chi connectivity index (χ2v) is 10.8. The van der Waals surface area contributed by atoms with E-state index in [0.29, 0.717) is 32.3 Å². The Kier molecular flexibility index (Phi) is 11.1. The van der Waals surface area contributed by atoms with Crippen molar-refractivity contribution in [3.05, 3.63) is 24.3 Å². The topological polar surface area (TPSA) is 115 Å². The molecule has 0 heterocycles. The van der Waals surface area contributed by atoms with E-state index >= 15 is 0 Å². The molecule has 194 valence electrons. The molecule has 2 rings (SSSR count). The van der Waals surface area contributed by atoms with E-state index in [1.165, 1.54) is 0 Å². The molecule has 2 fully saturated rings. The van der Waals surface area contributed by atoms with Gasteiger partial charge in [-0.3, -0.25) is 24.0 Å². The number of rotatable bonds is 14. The molecule has 7 nitrogen and oxygen atoms in total. The maximum Gasteiger partial charge on any atom is 0.311 e. The number of aliphatic carboxylic acids is 1. The Morgan fingerprint density at radius 1 is 0.914 bits per heavy atom. The van der Waals surface area contributed by atoms with Gasteiger partial charge in [-0.25, -0.2) is 0 Å². The standard InChI is InChI=1S/C28H40O7/c1-28(2,3)27(34)35-17-13-9-5-4-6-10-14-19-20(15-11-7-8-12-16-23(29)30)22-18-21(19)24(31)26(33)25(22)32/h7,10-11,14,19-22H,4-6,8-9,12-13,15-18H2,1-3H3,(H,29,30)/b11-7-,14-10?/t19?,20?,21-,22-/m1/s1. The van der Waals surface area contributed by atoms with Gasteiger partial charge in [0, 0.05) is 18.3 Å².